The Morgan fingerprint density at radius 2 is 1.76 bits per heavy atom. The molecule has 0 radical (unpaired) electrons. The minimum Gasteiger partial charge on any atom is -0.478 e. The number of nitrogens with zero attached hydrogens (tertiary/aromatic N) is 2. The number of carbonyl (C=O) groups is 3. The molecule has 11 nitrogen and oxygen atoms in total. The summed E-state index contributed by atoms with van der Waals surface area (Å²) in [6.07, 6.45) is 3.70. The molecule has 0 aromatic rings. The number of carboxylic acid groups (broad SMARTS) is 2. The Morgan fingerprint density at radius 1 is 1.24 bits per heavy atom. The van der Waals surface area contributed by atoms with Gasteiger partial charge in [-0.05, 0) is 39.4 Å². The van der Waals surface area contributed by atoms with Crippen LogP contribution in [-0.2, 0) is 19.2 Å². The highest BCUT2D eigenvalue weighted by atomic mass is 16.9. The summed E-state index contributed by atoms with van der Waals surface area (Å²) in [7, 11) is 2.06. The zero-order valence-corrected chi connectivity index (χ0v) is 13.9. The van der Waals surface area contributed by atoms with Crippen molar-refractivity contribution in [2.45, 2.75) is 31.7 Å². The number of likely N-dealkylation sites (tertiary alicyclic amines) is 1. The van der Waals surface area contributed by atoms with E-state index in [4.69, 9.17) is 10.2 Å². The molecular formula is C14H23N3O8. The fourth-order valence-electron chi connectivity index (χ4n) is 1.97. The van der Waals surface area contributed by atoms with Crippen LogP contribution in [0.5, 0.6) is 0 Å². The van der Waals surface area contributed by atoms with E-state index in [0.29, 0.717) is 18.6 Å². The second kappa shape index (κ2) is 12.7. The molecule has 3 N–H and O–H groups in total. The molecule has 0 unspecified atom stereocenters. The maximum atomic E-state index is 11.5. The van der Waals surface area contributed by atoms with E-state index in [1.165, 1.54) is 0 Å². The molecule has 0 atom stereocenters. The Bertz CT molecular complexity index is 470. The maximum absolute atomic E-state index is 11.5. The molecule has 1 aliphatic rings. The Morgan fingerprint density at radius 3 is 2.20 bits per heavy atom. The largest absolute Gasteiger partial charge is 0.478 e. The van der Waals surface area contributed by atoms with Gasteiger partial charge in [0.15, 0.2) is 0 Å². The van der Waals surface area contributed by atoms with Gasteiger partial charge in [-0.2, -0.15) is 0 Å². The zero-order chi connectivity index (χ0) is 19.2. The molecule has 11 heteroatoms. The summed E-state index contributed by atoms with van der Waals surface area (Å²) in [5, 5.41) is 27.6. The van der Waals surface area contributed by atoms with Gasteiger partial charge in [0.25, 0.3) is 5.09 Å². The Labute approximate surface area is 144 Å². The number of hydrogen-bond donors (Lipinski definition) is 3. The third-order valence-electron chi connectivity index (χ3n) is 3.20. The van der Waals surface area contributed by atoms with Crippen molar-refractivity contribution in [3.63, 3.8) is 0 Å². The summed E-state index contributed by atoms with van der Waals surface area (Å²) in [5.41, 5.74) is 0. The molecule has 0 aliphatic carbocycles. The average molecular weight is 361 g/mol. The van der Waals surface area contributed by atoms with Gasteiger partial charge < -0.3 is 25.3 Å². The average Bonchev–Trinajstić information content (AvgIpc) is 2.52. The first kappa shape index (κ1) is 22.3. The fourth-order valence-corrected chi connectivity index (χ4v) is 1.97. The van der Waals surface area contributed by atoms with Crippen molar-refractivity contribution in [3.8, 4) is 0 Å². The van der Waals surface area contributed by atoms with E-state index in [1.54, 1.807) is 0 Å². The van der Waals surface area contributed by atoms with Crippen LogP contribution < -0.4 is 5.32 Å². The predicted octanol–water partition coefficient (Wildman–Crippen LogP) is -0.103. The maximum Gasteiger partial charge on any atom is 0.328 e. The molecule has 0 aromatic carbocycles. The first-order valence-corrected chi connectivity index (χ1v) is 7.60. The van der Waals surface area contributed by atoms with Crippen molar-refractivity contribution in [1.82, 2.24) is 10.2 Å². The molecule has 1 fully saturated rings. The topological polar surface area (TPSA) is 159 Å². The highest BCUT2D eigenvalue weighted by Gasteiger charge is 2.17. The predicted molar refractivity (Wildman–Crippen MR) is 85.3 cm³/mol. The number of rotatable bonds is 8. The quantitative estimate of drug-likeness (QED) is 0.232. The highest BCUT2D eigenvalue weighted by Crippen LogP contribution is 2.08. The Kier molecular flexibility index (Phi) is 11.3. The van der Waals surface area contributed by atoms with E-state index >= 15 is 0 Å². The summed E-state index contributed by atoms with van der Waals surface area (Å²) < 4.78 is 0. The van der Waals surface area contributed by atoms with E-state index in [1.807, 2.05) is 0 Å². The lowest BCUT2D eigenvalue weighted by atomic mass is 10.1. The van der Waals surface area contributed by atoms with Crippen molar-refractivity contribution in [2.75, 3.05) is 26.7 Å². The van der Waals surface area contributed by atoms with E-state index < -0.39 is 17.0 Å². The lowest BCUT2D eigenvalue weighted by molar-refractivity contribution is -0.757. The number of piperidine rings is 1. The third kappa shape index (κ3) is 14.6. The molecule has 1 saturated heterocycles. The van der Waals surface area contributed by atoms with Crippen LogP contribution in [0.25, 0.3) is 0 Å². The van der Waals surface area contributed by atoms with Gasteiger partial charge in [0, 0.05) is 24.6 Å². The molecule has 0 saturated carbocycles. The van der Waals surface area contributed by atoms with Crippen molar-refractivity contribution in [1.29, 1.82) is 0 Å². The Hall–Kier alpha value is -2.69. The van der Waals surface area contributed by atoms with Gasteiger partial charge in [-0.25, -0.2) is 9.59 Å². The van der Waals surface area contributed by atoms with E-state index in [0.717, 1.165) is 25.9 Å². The summed E-state index contributed by atoms with van der Waals surface area (Å²) in [4.78, 5) is 46.8. The number of amides is 1. The van der Waals surface area contributed by atoms with Gasteiger partial charge in [0.1, 0.15) is 0 Å². The lowest BCUT2D eigenvalue weighted by Gasteiger charge is -2.29. The number of nitrogens with one attached hydrogen (secondary N) is 1. The zero-order valence-electron chi connectivity index (χ0n) is 13.9. The van der Waals surface area contributed by atoms with Gasteiger partial charge in [-0.3, -0.25) is 4.79 Å². The molecule has 142 valence electrons. The van der Waals surface area contributed by atoms with Gasteiger partial charge in [-0.1, -0.05) is 0 Å². The van der Waals surface area contributed by atoms with Crippen LogP contribution in [0.1, 0.15) is 25.7 Å². The molecule has 0 spiro atoms. The summed E-state index contributed by atoms with van der Waals surface area (Å²) >= 11 is 0. The van der Waals surface area contributed by atoms with E-state index in [2.05, 4.69) is 22.1 Å². The highest BCUT2D eigenvalue weighted by molar-refractivity contribution is 5.89. The van der Waals surface area contributed by atoms with Crippen molar-refractivity contribution in [3.05, 3.63) is 22.3 Å². The van der Waals surface area contributed by atoms with Crippen LogP contribution in [-0.4, -0.2) is 70.8 Å². The first-order valence-electron chi connectivity index (χ1n) is 7.60. The second-order valence-corrected chi connectivity index (χ2v) is 5.32. The molecule has 1 amide bonds. The molecule has 25 heavy (non-hydrogen) atoms. The fraction of sp³-hybridized carbons (Fsp3) is 0.643. The van der Waals surface area contributed by atoms with Crippen LogP contribution in [0, 0.1) is 10.1 Å². The molecule has 0 bridgehead atoms. The minimum absolute atomic E-state index is 0.0200. The monoisotopic (exact) mass is 361 g/mol. The van der Waals surface area contributed by atoms with Crippen molar-refractivity contribution in [2.24, 2.45) is 0 Å². The number of hydrogen-bond acceptors (Lipinski definition) is 7. The summed E-state index contributed by atoms with van der Waals surface area (Å²) in [6.45, 7) is 1.97. The summed E-state index contributed by atoms with van der Waals surface area (Å²) in [5.74, 6) is -2.56. The van der Waals surface area contributed by atoms with Crippen LogP contribution >= 0.6 is 0 Å². The van der Waals surface area contributed by atoms with Gasteiger partial charge in [0.05, 0.1) is 6.61 Å². The van der Waals surface area contributed by atoms with Crippen LogP contribution in [0.2, 0.25) is 0 Å². The van der Waals surface area contributed by atoms with E-state index in [9.17, 15) is 24.5 Å². The minimum atomic E-state index is -1.26. The number of carboxylic acids is 2. The van der Waals surface area contributed by atoms with Crippen LogP contribution in [0.15, 0.2) is 12.2 Å². The van der Waals surface area contributed by atoms with E-state index in [-0.39, 0.29) is 25.0 Å². The van der Waals surface area contributed by atoms with Gasteiger partial charge in [0.2, 0.25) is 5.91 Å². The van der Waals surface area contributed by atoms with Crippen molar-refractivity contribution >= 4 is 17.8 Å². The number of aliphatic carboxylic acids is 2. The second-order valence-electron chi connectivity index (χ2n) is 5.32. The third-order valence-corrected chi connectivity index (χ3v) is 3.20. The smallest absolute Gasteiger partial charge is 0.328 e. The molecule has 1 rings (SSSR count). The standard InChI is InChI=1S/C10H19N3O4.C4H4O4/c1-12-6-4-9(5-7-12)11-10(14)3-2-8-17-13(15)16;5-3(6)1-2-4(7)8/h9H,2-8H2,1H3,(H,11,14);1-2H,(H,5,6)(H,7,8). The van der Waals surface area contributed by atoms with Crippen molar-refractivity contribution < 1.29 is 34.5 Å². The lowest BCUT2D eigenvalue weighted by Crippen LogP contribution is -2.43. The van der Waals surface area contributed by atoms with Gasteiger partial charge in [-0.15, -0.1) is 10.1 Å². The molecule has 0 aromatic heterocycles. The SMILES string of the molecule is CN1CCC(NC(=O)CCCO[N+](=O)[O-])CC1.O=C(O)C=CC(=O)O. The van der Waals surface area contributed by atoms with Gasteiger partial charge >= 0.3 is 11.9 Å². The molecular weight excluding hydrogens is 338 g/mol. The first-order chi connectivity index (χ1) is 11.7. The number of carbonyl (C=O) groups excluding carboxylic acids is 1. The normalized spacial score (nSPS) is 15.1. The summed E-state index contributed by atoms with van der Waals surface area (Å²) in [6, 6.07) is 0.245. The Balaban J connectivity index is 0.000000609. The van der Waals surface area contributed by atoms with Crippen LogP contribution in [0.4, 0.5) is 0 Å². The van der Waals surface area contributed by atoms with Crippen LogP contribution in [0.3, 0.4) is 0 Å². The molecule has 1 aliphatic heterocycles. The molecule has 1 heterocycles.